The number of benzene rings is 1. The molecule has 0 atom stereocenters. The first kappa shape index (κ1) is 12.9. The average molecular weight is 220 g/mol. The Kier molecular flexibility index (Phi) is 5.83. The molecule has 0 bridgehead atoms. The molecule has 0 amide bonds. The van der Waals surface area contributed by atoms with Crippen LogP contribution < -0.4 is 0 Å². The highest BCUT2D eigenvalue weighted by Gasteiger charge is 2.02. The molecule has 0 saturated heterocycles. The Labute approximate surface area is 97.9 Å². The summed E-state index contributed by atoms with van der Waals surface area (Å²) >= 11 is 0. The van der Waals surface area contributed by atoms with Gasteiger partial charge in [0.05, 0.1) is 0 Å². The van der Waals surface area contributed by atoms with Gasteiger partial charge in [-0.05, 0) is 38.0 Å². The van der Waals surface area contributed by atoms with Crippen LogP contribution in [-0.4, -0.2) is 19.5 Å². The van der Waals surface area contributed by atoms with Gasteiger partial charge >= 0.3 is 0 Å². The summed E-state index contributed by atoms with van der Waals surface area (Å²) in [4.78, 5) is 0. The predicted octanol–water partition coefficient (Wildman–Crippen LogP) is 3.41. The summed E-state index contributed by atoms with van der Waals surface area (Å²) in [5, 5.41) is 0. The summed E-state index contributed by atoms with van der Waals surface area (Å²) in [6.07, 6.45) is 3.76. The lowest BCUT2D eigenvalue weighted by Crippen LogP contribution is -2.13. The van der Waals surface area contributed by atoms with Gasteiger partial charge in [0.2, 0.25) is 0 Å². The van der Waals surface area contributed by atoms with Crippen LogP contribution in [0.3, 0.4) is 0 Å². The van der Waals surface area contributed by atoms with Crippen LogP contribution in [0, 0.1) is 6.92 Å². The third-order valence-corrected chi connectivity index (χ3v) is 2.28. The van der Waals surface area contributed by atoms with Crippen LogP contribution >= 0.6 is 0 Å². The maximum atomic E-state index is 5.43. The molecule has 0 unspecified atom stereocenters. The molecule has 0 aliphatic heterocycles. The molecular formula is C14H20O2. The molecule has 2 heteroatoms. The van der Waals surface area contributed by atoms with Gasteiger partial charge in [-0.2, -0.15) is 0 Å². The minimum atomic E-state index is -0.241. The van der Waals surface area contributed by atoms with E-state index in [1.54, 1.807) is 0 Å². The van der Waals surface area contributed by atoms with Crippen LogP contribution in [0.15, 0.2) is 30.3 Å². The van der Waals surface area contributed by atoms with Gasteiger partial charge in [0.15, 0.2) is 6.29 Å². The molecule has 0 saturated carbocycles. The monoisotopic (exact) mass is 220 g/mol. The third kappa shape index (κ3) is 4.17. The molecule has 16 heavy (non-hydrogen) atoms. The van der Waals surface area contributed by atoms with Crippen molar-refractivity contribution >= 4 is 6.08 Å². The molecule has 1 aromatic carbocycles. The number of ether oxygens (including phenoxy) is 2. The van der Waals surface area contributed by atoms with Gasteiger partial charge in [0.25, 0.3) is 0 Å². The quantitative estimate of drug-likeness (QED) is 0.684. The molecule has 0 heterocycles. The normalized spacial score (nSPS) is 11.5. The molecule has 1 aromatic rings. The lowest BCUT2D eigenvalue weighted by molar-refractivity contribution is -0.103. The number of rotatable bonds is 6. The molecule has 1 rings (SSSR count). The molecule has 88 valence electrons. The van der Waals surface area contributed by atoms with Crippen LogP contribution in [-0.2, 0) is 9.47 Å². The van der Waals surface area contributed by atoms with Gasteiger partial charge < -0.3 is 9.47 Å². The number of hydrogen-bond acceptors (Lipinski definition) is 2. The molecule has 0 N–H and O–H groups in total. The van der Waals surface area contributed by atoms with Gasteiger partial charge in [0, 0.05) is 13.2 Å². The van der Waals surface area contributed by atoms with E-state index in [0.717, 1.165) is 0 Å². The molecule has 0 spiro atoms. The molecule has 0 aliphatic carbocycles. The Morgan fingerprint density at radius 2 is 1.75 bits per heavy atom. The van der Waals surface area contributed by atoms with E-state index >= 15 is 0 Å². The Morgan fingerprint density at radius 1 is 1.12 bits per heavy atom. The summed E-state index contributed by atoms with van der Waals surface area (Å²) in [6, 6.07) is 8.25. The lowest BCUT2D eigenvalue weighted by Gasteiger charge is -2.12. The Morgan fingerprint density at radius 3 is 2.31 bits per heavy atom. The second kappa shape index (κ2) is 7.20. The number of hydrogen-bond donors (Lipinski definition) is 0. The van der Waals surface area contributed by atoms with E-state index in [0.29, 0.717) is 13.2 Å². The first-order valence-electron chi connectivity index (χ1n) is 5.75. The zero-order valence-electron chi connectivity index (χ0n) is 10.3. The molecule has 0 aromatic heterocycles. The first-order chi connectivity index (χ1) is 7.77. The van der Waals surface area contributed by atoms with Gasteiger partial charge in [-0.25, -0.2) is 0 Å². The summed E-state index contributed by atoms with van der Waals surface area (Å²) in [5.74, 6) is 0. The Balaban J connectivity index is 2.66. The highest BCUT2D eigenvalue weighted by Crippen LogP contribution is 2.10. The highest BCUT2D eigenvalue weighted by molar-refractivity contribution is 5.53. The maximum Gasteiger partial charge on any atom is 0.177 e. The maximum absolute atomic E-state index is 5.43. The van der Waals surface area contributed by atoms with E-state index in [2.05, 4.69) is 19.1 Å². The lowest BCUT2D eigenvalue weighted by atomic mass is 10.1. The predicted molar refractivity (Wildman–Crippen MR) is 67.3 cm³/mol. The fourth-order valence-electron chi connectivity index (χ4n) is 1.44. The molecule has 2 nitrogen and oxygen atoms in total. The van der Waals surface area contributed by atoms with Crippen molar-refractivity contribution in [3.8, 4) is 0 Å². The Bertz CT molecular complexity index is 325. The van der Waals surface area contributed by atoms with E-state index in [9.17, 15) is 0 Å². The van der Waals surface area contributed by atoms with Gasteiger partial charge in [-0.15, -0.1) is 0 Å². The second-order valence-electron chi connectivity index (χ2n) is 3.49. The largest absolute Gasteiger partial charge is 0.349 e. The van der Waals surface area contributed by atoms with Crippen LogP contribution in [0.5, 0.6) is 0 Å². The highest BCUT2D eigenvalue weighted by atomic mass is 16.7. The van der Waals surface area contributed by atoms with E-state index in [1.165, 1.54) is 11.1 Å². The minimum Gasteiger partial charge on any atom is -0.349 e. The third-order valence-electron chi connectivity index (χ3n) is 2.28. The van der Waals surface area contributed by atoms with Crippen molar-refractivity contribution in [3.63, 3.8) is 0 Å². The summed E-state index contributed by atoms with van der Waals surface area (Å²) < 4.78 is 10.9. The standard InChI is InChI=1S/C14H20O2/c1-4-15-14(16-5-2)11-10-13-9-7-6-8-12(13)3/h6-11,14H,4-5H2,1-3H3. The van der Waals surface area contributed by atoms with Crippen molar-refractivity contribution in [1.82, 2.24) is 0 Å². The van der Waals surface area contributed by atoms with E-state index in [4.69, 9.17) is 9.47 Å². The van der Waals surface area contributed by atoms with Crippen LogP contribution in [0.2, 0.25) is 0 Å². The zero-order chi connectivity index (χ0) is 11.8. The number of aryl methyl sites for hydroxylation is 1. The van der Waals surface area contributed by atoms with Crippen LogP contribution in [0.1, 0.15) is 25.0 Å². The topological polar surface area (TPSA) is 18.5 Å². The van der Waals surface area contributed by atoms with Gasteiger partial charge in [0.1, 0.15) is 0 Å². The fourth-order valence-corrected chi connectivity index (χ4v) is 1.44. The van der Waals surface area contributed by atoms with Crippen molar-refractivity contribution in [2.24, 2.45) is 0 Å². The summed E-state index contributed by atoms with van der Waals surface area (Å²) in [5.41, 5.74) is 2.46. The second-order valence-corrected chi connectivity index (χ2v) is 3.49. The summed E-state index contributed by atoms with van der Waals surface area (Å²) in [7, 11) is 0. The van der Waals surface area contributed by atoms with Crippen molar-refractivity contribution in [2.45, 2.75) is 27.1 Å². The van der Waals surface area contributed by atoms with Crippen molar-refractivity contribution in [3.05, 3.63) is 41.5 Å². The summed E-state index contributed by atoms with van der Waals surface area (Å²) in [6.45, 7) is 7.34. The zero-order valence-corrected chi connectivity index (χ0v) is 10.3. The van der Waals surface area contributed by atoms with E-state index in [-0.39, 0.29) is 6.29 Å². The van der Waals surface area contributed by atoms with Crippen LogP contribution in [0.25, 0.3) is 6.08 Å². The van der Waals surface area contributed by atoms with Crippen molar-refractivity contribution in [1.29, 1.82) is 0 Å². The average Bonchev–Trinajstić information content (AvgIpc) is 2.28. The van der Waals surface area contributed by atoms with Gasteiger partial charge in [-0.3, -0.25) is 0 Å². The first-order valence-corrected chi connectivity index (χ1v) is 5.75. The van der Waals surface area contributed by atoms with Crippen LogP contribution in [0.4, 0.5) is 0 Å². The van der Waals surface area contributed by atoms with Gasteiger partial charge in [-0.1, -0.05) is 30.3 Å². The van der Waals surface area contributed by atoms with Crippen molar-refractivity contribution < 1.29 is 9.47 Å². The molecular weight excluding hydrogens is 200 g/mol. The Hall–Kier alpha value is -1.12. The van der Waals surface area contributed by atoms with Crippen molar-refractivity contribution in [2.75, 3.05) is 13.2 Å². The minimum absolute atomic E-state index is 0.241. The molecule has 0 fully saturated rings. The van der Waals surface area contributed by atoms with E-state index < -0.39 is 0 Å². The molecule has 0 radical (unpaired) electrons. The van der Waals surface area contributed by atoms with E-state index in [1.807, 2.05) is 38.1 Å². The fraction of sp³-hybridized carbons (Fsp3) is 0.429. The SMILES string of the molecule is CCOC(C=Cc1ccccc1C)OCC. The molecule has 0 aliphatic rings. The smallest absolute Gasteiger partial charge is 0.177 e.